The van der Waals surface area contributed by atoms with Crippen molar-refractivity contribution in [2.75, 3.05) is 19.9 Å². The van der Waals surface area contributed by atoms with Gasteiger partial charge in [-0.3, -0.25) is 4.90 Å². The predicted octanol–water partition coefficient (Wildman–Crippen LogP) is 4.72. The zero-order valence-electron chi connectivity index (χ0n) is 14.6. The van der Waals surface area contributed by atoms with Gasteiger partial charge in [-0.15, -0.1) is 0 Å². The van der Waals surface area contributed by atoms with E-state index < -0.39 is 11.7 Å². The summed E-state index contributed by atoms with van der Waals surface area (Å²) in [6.45, 7) is 1.73. The standard InChI is InChI=1S/C20H20F3NO3/c21-20(22,23)14-6-4-13(5-7-14)19(24-8-2-1-3-9-24)15-10-17-18(11-16(15)25)27-12-26-17/h4-7,10-11,19,25H,1-3,8-9,12H2. The number of fused-ring (bicyclic) bond motifs is 1. The molecule has 4 rings (SSSR count). The monoisotopic (exact) mass is 379 g/mol. The van der Waals surface area contributed by atoms with E-state index in [0.717, 1.165) is 44.5 Å². The van der Waals surface area contributed by atoms with Crippen molar-refractivity contribution in [2.24, 2.45) is 0 Å². The largest absolute Gasteiger partial charge is 0.507 e. The van der Waals surface area contributed by atoms with Crippen molar-refractivity contribution in [3.8, 4) is 17.2 Å². The number of alkyl halides is 3. The van der Waals surface area contributed by atoms with Gasteiger partial charge in [0.05, 0.1) is 11.6 Å². The van der Waals surface area contributed by atoms with Crippen LogP contribution in [0.5, 0.6) is 17.2 Å². The molecule has 144 valence electrons. The highest BCUT2D eigenvalue weighted by molar-refractivity contribution is 5.54. The third kappa shape index (κ3) is 3.56. The molecule has 0 radical (unpaired) electrons. The molecule has 1 fully saturated rings. The first-order valence-electron chi connectivity index (χ1n) is 8.97. The van der Waals surface area contributed by atoms with Crippen LogP contribution in [0.1, 0.15) is 42.0 Å². The predicted molar refractivity (Wildman–Crippen MR) is 92.9 cm³/mol. The molecule has 2 aliphatic rings. The number of hydrogen-bond donors (Lipinski definition) is 1. The van der Waals surface area contributed by atoms with E-state index in [4.69, 9.17) is 9.47 Å². The van der Waals surface area contributed by atoms with Crippen molar-refractivity contribution in [3.63, 3.8) is 0 Å². The van der Waals surface area contributed by atoms with Crippen molar-refractivity contribution in [3.05, 3.63) is 53.1 Å². The molecule has 0 amide bonds. The molecule has 2 aromatic rings. The van der Waals surface area contributed by atoms with E-state index in [0.29, 0.717) is 22.6 Å². The zero-order chi connectivity index (χ0) is 19.0. The summed E-state index contributed by atoms with van der Waals surface area (Å²) < 4.78 is 49.5. The molecule has 0 aliphatic carbocycles. The first-order valence-corrected chi connectivity index (χ1v) is 8.97. The maximum Gasteiger partial charge on any atom is 0.416 e. The van der Waals surface area contributed by atoms with E-state index in [1.54, 1.807) is 6.07 Å². The number of likely N-dealkylation sites (tertiary alicyclic amines) is 1. The number of hydrogen-bond acceptors (Lipinski definition) is 4. The van der Waals surface area contributed by atoms with Crippen molar-refractivity contribution in [1.82, 2.24) is 4.90 Å². The summed E-state index contributed by atoms with van der Waals surface area (Å²) in [6.07, 6.45) is -1.21. The van der Waals surface area contributed by atoms with Crippen LogP contribution in [-0.4, -0.2) is 29.9 Å². The van der Waals surface area contributed by atoms with Gasteiger partial charge in [-0.2, -0.15) is 13.2 Å². The number of benzene rings is 2. The lowest BCUT2D eigenvalue weighted by atomic mass is 9.93. The second-order valence-electron chi connectivity index (χ2n) is 6.88. The van der Waals surface area contributed by atoms with Crippen molar-refractivity contribution in [1.29, 1.82) is 0 Å². The first-order chi connectivity index (χ1) is 12.9. The second kappa shape index (κ2) is 6.96. The molecule has 0 aromatic heterocycles. The van der Waals surface area contributed by atoms with Crippen LogP contribution in [-0.2, 0) is 6.18 Å². The van der Waals surface area contributed by atoms with Crippen molar-refractivity contribution < 1.29 is 27.8 Å². The lowest BCUT2D eigenvalue weighted by Gasteiger charge is -2.35. The van der Waals surface area contributed by atoms with E-state index in [-0.39, 0.29) is 18.6 Å². The Morgan fingerprint density at radius 1 is 0.926 bits per heavy atom. The summed E-state index contributed by atoms with van der Waals surface area (Å²) in [5.41, 5.74) is 0.638. The SMILES string of the molecule is Oc1cc2c(cc1C(c1ccc(C(F)(F)F)cc1)N1CCCCC1)OCO2. The smallest absolute Gasteiger partial charge is 0.416 e. The van der Waals surface area contributed by atoms with Gasteiger partial charge < -0.3 is 14.6 Å². The summed E-state index contributed by atoms with van der Waals surface area (Å²) >= 11 is 0. The molecule has 1 unspecified atom stereocenters. The van der Waals surface area contributed by atoms with E-state index in [9.17, 15) is 18.3 Å². The summed E-state index contributed by atoms with van der Waals surface area (Å²) in [5, 5.41) is 10.6. The Morgan fingerprint density at radius 2 is 1.56 bits per heavy atom. The highest BCUT2D eigenvalue weighted by atomic mass is 19.4. The topological polar surface area (TPSA) is 41.9 Å². The Hall–Kier alpha value is -2.41. The van der Waals surface area contributed by atoms with Crippen molar-refractivity contribution >= 4 is 0 Å². The summed E-state index contributed by atoms with van der Waals surface area (Å²) in [4.78, 5) is 2.20. The maximum absolute atomic E-state index is 12.9. The second-order valence-corrected chi connectivity index (χ2v) is 6.88. The maximum atomic E-state index is 12.9. The molecule has 1 N–H and O–H groups in total. The fourth-order valence-corrected chi connectivity index (χ4v) is 3.78. The number of nitrogens with zero attached hydrogens (tertiary/aromatic N) is 1. The average molecular weight is 379 g/mol. The van der Waals surface area contributed by atoms with Crippen LogP contribution in [0.25, 0.3) is 0 Å². The van der Waals surface area contributed by atoms with Gasteiger partial charge >= 0.3 is 6.18 Å². The summed E-state index contributed by atoms with van der Waals surface area (Å²) in [5.74, 6) is 1.06. The molecule has 0 saturated carbocycles. The Labute approximate surface area is 155 Å². The Morgan fingerprint density at radius 3 is 2.19 bits per heavy atom. The third-order valence-corrected chi connectivity index (χ3v) is 5.13. The van der Waals surface area contributed by atoms with E-state index in [1.807, 2.05) is 0 Å². The van der Waals surface area contributed by atoms with Crippen LogP contribution in [0.2, 0.25) is 0 Å². The average Bonchev–Trinajstić information content (AvgIpc) is 3.10. The minimum atomic E-state index is -4.37. The number of aromatic hydroxyl groups is 1. The number of phenols is 1. The number of piperidine rings is 1. The van der Waals surface area contributed by atoms with Gasteiger partial charge in [0.1, 0.15) is 5.75 Å². The minimum absolute atomic E-state index is 0.0507. The summed E-state index contributed by atoms with van der Waals surface area (Å²) in [7, 11) is 0. The molecule has 2 heterocycles. The Kier molecular flexibility index (Phi) is 4.63. The van der Waals surface area contributed by atoms with Crippen LogP contribution < -0.4 is 9.47 Å². The number of ether oxygens (including phenoxy) is 2. The highest BCUT2D eigenvalue weighted by Gasteiger charge is 2.32. The molecule has 0 spiro atoms. The van der Waals surface area contributed by atoms with Crippen LogP contribution in [0.3, 0.4) is 0 Å². The van der Waals surface area contributed by atoms with Crippen LogP contribution >= 0.6 is 0 Å². The summed E-state index contributed by atoms with van der Waals surface area (Å²) in [6, 6.07) is 8.07. The Bertz CT molecular complexity index is 814. The molecule has 1 saturated heterocycles. The molecular weight excluding hydrogens is 359 g/mol. The molecular formula is C20H20F3NO3. The van der Waals surface area contributed by atoms with Crippen molar-refractivity contribution in [2.45, 2.75) is 31.5 Å². The van der Waals surface area contributed by atoms with E-state index in [2.05, 4.69) is 4.90 Å². The van der Waals surface area contributed by atoms with Gasteiger partial charge in [0.15, 0.2) is 11.5 Å². The first kappa shape index (κ1) is 18.0. The lowest BCUT2D eigenvalue weighted by molar-refractivity contribution is -0.137. The number of halogens is 3. The Balaban J connectivity index is 1.76. The molecule has 27 heavy (non-hydrogen) atoms. The van der Waals surface area contributed by atoms with Crippen LogP contribution in [0.15, 0.2) is 36.4 Å². The number of phenolic OH excluding ortho intramolecular Hbond substituents is 1. The normalized spacial score (nSPS) is 18.5. The fourth-order valence-electron chi connectivity index (χ4n) is 3.78. The van der Waals surface area contributed by atoms with Gasteiger partial charge in [0.25, 0.3) is 0 Å². The van der Waals surface area contributed by atoms with Gasteiger partial charge in [0.2, 0.25) is 6.79 Å². The molecule has 7 heteroatoms. The van der Waals surface area contributed by atoms with Gasteiger partial charge in [-0.25, -0.2) is 0 Å². The third-order valence-electron chi connectivity index (χ3n) is 5.13. The number of rotatable bonds is 3. The molecule has 0 bridgehead atoms. The molecule has 4 nitrogen and oxygen atoms in total. The van der Waals surface area contributed by atoms with Gasteiger partial charge in [-0.05, 0) is 49.7 Å². The van der Waals surface area contributed by atoms with Gasteiger partial charge in [-0.1, -0.05) is 18.6 Å². The lowest BCUT2D eigenvalue weighted by Crippen LogP contribution is -2.34. The quantitative estimate of drug-likeness (QED) is 0.838. The van der Waals surface area contributed by atoms with Crippen LogP contribution in [0, 0.1) is 0 Å². The molecule has 2 aliphatic heterocycles. The van der Waals surface area contributed by atoms with Gasteiger partial charge in [0, 0.05) is 11.6 Å². The zero-order valence-corrected chi connectivity index (χ0v) is 14.6. The fraction of sp³-hybridized carbons (Fsp3) is 0.400. The van der Waals surface area contributed by atoms with E-state index >= 15 is 0 Å². The molecule has 2 aromatic carbocycles. The highest BCUT2D eigenvalue weighted by Crippen LogP contribution is 2.44. The van der Waals surface area contributed by atoms with Crippen LogP contribution in [0.4, 0.5) is 13.2 Å². The molecule has 1 atom stereocenters. The van der Waals surface area contributed by atoms with E-state index in [1.165, 1.54) is 18.2 Å². The minimum Gasteiger partial charge on any atom is -0.507 e.